The van der Waals surface area contributed by atoms with Crippen molar-refractivity contribution in [1.29, 1.82) is 0 Å². The van der Waals surface area contributed by atoms with Gasteiger partial charge in [-0.25, -0.2) is 14.4 Å². The lowest BCUT2D eigenvalue weighted by atomic mass is 10.1. The van der Waals surface area contributed by atoms with Gasteiger partial charge in [-0.15, -0.1) is 0 Å². The zero-order chi connectivity index (χ0) is 25.8. The van der Waals surface area contributed by atoms with E-state index in [0.29, 0.717) is 53.6 Å². The number of carbonyl (C=O) groups excluding carboxylic acids is 1. The molecule has 0 fully saturated rings. The Balaban J connectivity index is 1.42. The van der Waals surface area contributed by atoms with Crippen LogP contribution >= 0.6 is 0 Å². The quantitative estimate of drug-likeness (QED) is 0.352. The normalized spacial score (nSPS) is 13.0. The Labute approximate surface area is 214 Å². The third kappa shape index (κ3) is 5.36. The van der Waals surface area contributed by atoms with Crippen molar-refractivity contribution in [3.05, 3.63) is 85.0 Å². The molecule has 0 spiro atoms. The number of ether oxygens (including phenoxy) is 2. The minimum absolute atomic E-state index is 0.109. The van der Waals surface area contributed by atoms with E-state index in [-0.39, 0.29) is 11.7 Å². The largest absolute Gasteiger partial charge is 0.489 e. The molecule has 3 aromatic carbocycles. The summed E-state index contributed by atoms with van der Waals surface area (Å²) in [6.07, 6.45) is 4.90. The first-order chi connectivity index (χ1) is 18.0. The van der Waals surface area contributed by atoms with Gasteiger partial charge in [-0.05, 0) is 62.6 Å². The van der Waals surface area contributed by atoms with Crippen LogP contribution in [-0.2, 0) is 4.79 Å². The fourth-order valence-electron chi connectivity index (χ4n) is 4.00. The van der Waals surface area contributed by atoms with Crippen molar-refractivity contribution in [2.75, 3.05) is 44.0 Å². The van der Waals surface area contributed by atoms with Crippen LogP contribution in [0.1, 0.15) is 0 Å². The summed E-state index contributed by atoms with van der Waals surface area (Å²) in [6, 6.07) is 17.1. The molecule has 0 aliphatic carbocycles. The van der Waals surface area contributed by atoms with E-state index in [9.17, 15) is 9.18 Å². The Kier molecular flexibility index (Phi) is 6.96. The number of aromatic nitrogens is 2. The molecule has 8 nitrogen and oxygen atoms in total. The maximum absolute atomic E-state index is 13.9. The van der Waals surface area contributed by atoms with Crippen LogP contribution in [-0.4, -0.2) is 54.6 Å². The van der Waals surface area contributed by atoms with Gasteiger partial charge in [-0.1, -0.05) is 18.2 Å². The number of likely N-dealkylation sites (N-methyl/N-ethyl adjacent to an activating group) is 1. The van der Waals surface area contributed by atoms with Crippen LogP contribution in [0.4, 0.5) is 21.6 Å². The van der Waals surface area contributed by atoms with E-state index in [1.165, 1.54) is 12.4 Å². The van der Waals surface area contributed by atoms with Crippen molar-refractivity contribution in [3.8, 4) is 17.2 Å². The Morgan fingerprint density at radius 3 is 2.73 bits per heavy atom. The van der Waals surface area contributed by atoms with Gasteiger partial charge in [0.1, 0.15) is 24.5 Å². The number of nitrogens with zero attached hydrogens (tertiary/aromatic N) is 4. The summed E-state index contributed by atoms with van der Waals surface area (Å²) < 4.78 is 25.6. The van der Waals surface area contributed by atoms with E-state index in [1.807, 2.05) is 49.3 Å². The van der Waals surface area contributed by atoms with Crippen LogP contribution < -0.4 is 19.7 Å². The molecular weight excluding hydrogens is 473 g/mol. The van der Waals surface area contributed by atoms with E-state index in [4.69, 9.17) is 9.47 Å². The molecule has 1 amide bonds. The molecule has 0 saturated carbocycles. The molecule has 2 heterocycles. The number of para-hydroxylation sites is 1. The van der Waals surface area contributed by atoms with E-state index in [1.54, 1.807) is 41.3 Å². The smallest absolute Gasteiger partial charge is 0.250 e. The van der Waals surface area contributed by atoms with Crippen molar-refractivity contribution in [2.45, 2.75) is 0 Å². The SMILES string of the molecule is CN(C)C/C=C/C(=O)N1CCOc2c1ccc1ncnc(Nc3ccc(Oc4ccccc4F)cc3)c21. The summed E-state index contributed by atoms with van der Waals surface area (Å²) in [6.45, 7) is 1.48. The highest BCUT2D eigenvalue weighted by Gasteiger charge is 2.26. The molecule has 0 atom stereocenters. The van der Waals surface area contributed by atoms with E-state index >= 15 is 0 Å². The van der Waals surface area contributed by atoms with Gasteiger partial charge in [0.2, 0.25) is 0 Å². The summed E-state index contributed by atoms with van der Waals surface area (Å²) >= 11 is 0. The Bertz CT molecular complexity index is 1460. The summed E-state index contributed by atoms with van der Waals surface area (Å²) in [5.74, 6) is 1.22. The van der Waals surface area contributed by atoms with Crippen LogP contribution in [0.2, 0.25) is 0 Å². The topological polar surface area (TPSA) is 79.8 Å². The number of hydrogen-bond donors (Lipinski definition) is 1. The van der Waals surface area contributed by atoms with Crippen molar-refractivity contribution >= 4 is 34.0 Å². The minimum Gasteiger partial charge on any atom is -0.489 e. The fourth-order valence-corrected chi connectivity index (χ4v) is 4.00. The average molecular weight is 500 g/mol. The minimum atomic E-state index is -0.428. The van der Waals surface area contributed by atoms with Gasteiger partial charge >= 0.3 is 0 Å². The number of fused-ring (bicyclic) bond motifs is 3. The number of halogens is 1. The lowest BCUT2D eigenvalue weighted by Gasteiger charge is -2.30. The Morgan fingerprint density at radius 2 is 1.95 bits per heavy atom. The first kappa shape index (κ1) is 24.2. The van der Waals surface area contributed by atoms with Crippen LogP contribution in [0.15, 0.2) is 79.1 Å². The van der Waals surface area contributed by atoms with Crippen LogP contribution in [0.25, 0.3) is 10.9 Å². The zero-order valence-corrected chi connectivity index (χ0v) is 20.5. The molecule has 37 heavy (non-hydrogen) atoms. The van der Waals surface area contributed by atoms with Gasteiger partial charge < -0.3 is 24.6 Å². The second-order valence-electron chi connectivity index (χ2n) is 8.72. The van der Waals surface area contributed by atoms with Crippen molar-refractivity contribution in [2.24, 2.45) is 0 Å². The number of anilines is 3. The molecule has 0 bridgehead atoms. The van der Waals surface area contributed by atoms with Crippen LogP contribution in [0.5, 0.6) is 17.2 Å². The summed E-state index contributed by atoms with van der Waals surface area (Å²) in [5.41, 5.74) is 2.10. The zero-order valence-electron chi connectivity index (χ0n) is 20.5. The predicted molar refractivity (Wildman–Crippen MR) is 141 cm³/mol. The number of benzene rings is 3. The standard InChI is InChI=1S/C28H26FN5O3/c1-33(2)15-5-8-25(35)34-16-17-36-27-23(34)14-13-22-26(27)28(31-18-30-22)32-19-9-11-20(12-10-19)37-24-7-4-3-6-21(24)29/h3-14,18H,15-17H2,1-2H3,(H,30,31,32)/b8-5+. The molecule has 1 aromatic heterocycles. The average Bonchev–Trinajstić information content (AvgIpc) is 2.90. The van der Waals surface area contributed by atoms with Gasteiger partial charge in [-0.2, -0.15) is 0 Å². The number of carbonyl (C=O) groups is 1. The second kappa shape index (κ2) is 10.6. The Morgan fingerprint density at radius 1 is 1.14 bits per heavy atom. The molecule has 5 rings (SSSR count). The highest BCUT2D eigenvalue weighted by molar-refractivity contribution is 6.07. The van der Waals surface area contributed by atoms with E-state index in [0.717, 1.165) is 5.69 Å². The third-order valence-corrected chi connectivity index (χ3v) is 5.77. The van der Waals surface area contributed by atoms with E-state index in [2.05, 4.69) is 15.3 Å². The first-order valence-corrected chi connectivity index (χ1v) is 11.8. The maximum atomic E-state index is 13.9. The van der Waals surface area contributed by atoms with Crippen LogP contribution in [0.3, 0.4) is 0 Å². The molecule has 0 saturated heterocycles. The maximum Gasteiger partial charge on any atom is 0.250 e. The van der Waals surface area contributed by atoms with Crippen LogP contribution in [0, 0.1) is 5.82 Å². The molecule has 188 valence electrons. The van der Waals surface area contributed by atoms with E-state index < -0.39 is 5.82 Å². The molecular formula is C28H26FN5O3. The first-order valence-electron chi connectivity index (χ1n) is 11.8. The number of nitrogens with one attached hydrogen (secondary N) is 1. The van der Waals surface area contributed by atoms with Gasteiger partial charge in [0.15, 0.2) is 17.3 Å². The van der Waals surface area contributed by atoms with Gasteiger partial charge in [0, 0.05) is 18.3 Å². The second-order valence-corrected chi connectivity index (χ2v) is 8.72. The summed E-state index contributed by atoms with van der Waals surface area (Å²) in [4.78, 5) is 25.4. The van der Waals surface area contributed by atoms with Gasteiger partial charge in [0.05, 0.1) is 23.1 Å². The van der Waals surface area contributed by atoms with Crippen molar-refractivity contribution in [3.63, 3.8) is 0 Å². The molecule has 1 aliphatic rings. The molecule has 1 N–H and O–H groups in total. The number of rotatable bonds is 7. The number of amides is 1. The number of hydrogen-bond acceptors (Lipinski definition) is 7. The highest BCUT2D eigenvalue weighted by Crippen LogP contribution is 2.41. The molecule has 0 radical (unpaired) electrons. The lowest BCUT2D eigenvalue weighted by molar-refractivity contribution is -0.114. The van der Waals surface area contributed by atoms with Crippen molar-refractivity contribution in [1.82, 2.24) is 14.9 Å². The third-order valence-electron chi connectivity index (χ3n) is 5.77. The highest BCUT2D eigenvalue weighted by atomic mass is 19.1. The summed E-state index contributed by atoms with van der Waals surface area (Å²) in [7, 11) is 3.90. The molecule has 1 aliphatic heterocycles. The molecule has 9 heteroatoms. The predicted octanol–water partition coefficient (Wildman–Crippen LogP) is 5.15. The lowest BCUT2D eigenvalue weighted by Crippen LogP contribution is -2.37. The molecule has 4 aromatic rings. The summed E-state index contributed by atoms with van der Waals surface area (Å²) in [5, 5.41) is 3.99. The monoisotopic (exact) mass is 499 g/mol. The van der Waals surface area contributed by atoms with Gasteiger partial charge in [0.25, 0.3) is 5.91 Å². The van der Waals surface area contributed by atoms with Gasteiger partial charge in [-0.3, -0.25) is 4.79 Å². The molecule has 0 unspecified atom stereocenters. The fraction of sp³-hybridized carbons (Fsp3) is 0.179. The Hall–Kier alpha value is -4.50. The van der Waals surface area contributed by atoms with Crippen molar-refractivity contribution < 1.29 is 18.7 Å².